The Bertz CT molecular complexity index is 819. The van der Waals surface area contributed by atoms with Gasteiger partial charge in [0.25, 0.3) is 0 Å². The molecule has 0 aromatic carbocycles. The van der Waals surface area contributed by atoms with Crippen LogP contribution in [-0.4, -0.2) is 23.8 Å². The second-order valence-corrected chi connectivity index (χ2v) is 15.1. The van der Waals surface area contributed by atoms with E-state index in [1.807, 2.05) is 0 Å². The summed E-state index contributed by atoms with van der Waals surface area (Å²) in [6.07, 6.45) is 12.8. The highest BCUT2D eigenvalue weighted by atomic mass is 16.5. The fourth-order valence-electron chi connectivity index (χ4n) is 11.0. The fourth-order valence-corrected chi connectivity index (χ4v) is 11.0. The summed E-state index contributed by atoms with van der Waals surface area (Å²) in [6, 6.07) is 0. The Morgan fingerprint density at radius 2 is 1.42 bits per heavy atom. The van der Waals surface area contributed by atoms with Gasteiger partial charge >= 0.3 is 5.97 Å². The van der Waals surface area contributed by atoms with Gasteiger partial charge < -0.3 is 9.84 Å². The summed E-state index contributed by atoms with van der Waals surface area (Å²) >= 11 is 0. The molecule has 33 heavy (non-hydrogen) atoms. The summed E-state index contributed by atoms with van der Waals surface area (Å²) in [5.74, 6) is 1.89. The van der Waals surface area contributed by atoms with Gasteiger partial charge in [-0.3, -0.25) is 4.79 Å². The number of hydrogen-bond donors (Lipinski definition) is 1. The molecule has 5 rings (SSSR count). The van der Waals surface area contributed by atoms with Crippen LogP contribution in [0.4, 0.5) is 0 Å². The van der Waals surface area contributed by atoms with Gasteiger partial charge in [-0.25, -0.2) is 0 Å². The van der Waals surface area contributed by atoms with Crippen LogP contribution in [0.5, 0.6) is 0 Å². The van der Waals surface area contributed by atoms with Crippen LogP contribution >= 0.6 is 0 Å². The van der Waals surface area contributed by atoms with Crippen molar-refractivity contribution in [3.05, 3.63) is 0 Å². The van der Waals surface area contributed by atoms with Gasteiger partial charge in [-0.15, -0.1) is 0 Å². The van der Waals surface area contributed by atoms with Gasteiger partial charge in [0.2, 0.25) is 0 Å². The molecular weight excluding hydrogens is 408 g/mol. The Balaban J connectivity index is 1.56. The minimum atomic E-state index is 0.0139. The number of ether oxygens (including phenoxy) is 1. The normalized spacial score (nSPS) is 55.8. The van der Waals surface area contributed by atoms with Crippen LogP contribution in [0.2, 0.25) is 0 Å². The van der Waals surface area contributed by atoms with Gasteiger partial charge in [-0.1, -0.05) is 41.5 Å². The molecule has 5 fully saturated rings. The van der Waals surface area contributed by atoms with Crippen LogP contribution in [0.3, 0.4) is 0 Å². The van der Waals surface area contributed by atoms with E-state index >= 15 is 0 Å². The van der Waals surface area contributed by atoms with Crippen LogP contribution in [0.15, 0.2) is 0 Å². The van der Waals surface area contributed by atoms with Gasteiger partial charge in [0.1, 0.15) is 6.10 Å². The van der Waals surface area contributed by atoms with Crippen molar-refractivity contribution in [2.24, 2.45) is 50.2 Å². The summed E-state index contributed by atoms with van der Waals surface area (Å²) in [5, 5.41) is 10.7. The molecule has 0 aromatic rings. The number of rotatable bonds is 1. The van der Waals surface area contributed by atoms with E-state index in [-0.39, 0.29) is 33.7 Å². The largest absolute Gasteiger partial charge is 0.462 e. The maximum atomic E-state index is 12.4. The highest BCUT2D eigenvalue weighted by Crippen LogP contribution is 2.77. The highest BCUT2D eigenvalue weighted by Gasteiger charge is 2.71. The van der Waals surface area contributed by atoms with Gasteiger partial charge in [0.05, 0.1) is 0 Å². The monoisotopic (exact) mass is 458 g/mol. The first-order valence-corrected chi connectivity index (χ1v) is 14.1. The molecule has 0 unspecified atom stereocenters. The van der Waals surface area contributed by atoms with Crippen molar-refractivity contribution in [2.75, 3.05) is 6.61 Å². The first kappa shape index (κ1) is 24.1. The molecule has 9 atom stereocenters. The number of carbonyl (C=O) groups excluding carboxylic acids is 1. The molecule has 3 heteroatoms. The molecule has 1 aliphatic heterocycles. The van der Waals surface area contributed by atoms with Crippen molar-refractivity contribution in [3.63, 3.8) is 0 Å². The number of carbonyl (C=O) groups is 1. The summed E-state index contributed by atoms with van der Waals surface area (Å²) in [4.78, 5) is 12.4. The molecular formula is C30H50O3. The van der Waals surface area contributed by atoms with Crippen LogP contribution in [0.1, 0.15) is 119 Å². The van der Waals surface area contributed by atoms with Crippen molar-refractivity contribution < 1.29 is 14.6 Å². The molecule has 0 radical (unpaired) electrons. The quantitative estimate of drug-likeness (QED) is 0.424. The van der Waals surface area contributed by atoms with Crippen molar-refractivity contribution in [2.45, 2.75) is 125 Å². The average molecular weight is 459 g/mol. The molecule has 1 N–H and O–H groups in total. The van der Waals surface area contributed by atoms with Crippen LogP contribution in [-0.2, 0) is 9.53 Å². The van der Waals surface area contributed by atoms with E-state index in [2.05, 4.69) is 48.5 Å². The fraction of sp³-hybridized carbons (Fsp3) is 0.967. The Kier molecular flexibility index (Phi) is 5.29. The summed E-state index contributed by atoms with van der Waals surface area (Å²) in [6.45, 7) is 17.8. The average Bonchev–Trinajstić information content (AvgIpc) is 2.86. The molecule has 0 aromatic heterocycles. The zero-order chi connectivity index (χ0) is 24.1. The maximum Gasteiger partial charge on any atom is 0.306 e. The lowest BCUT2D eigenvalue weighted by molar-refractivity contribution is -0.262. The van der Waals surface area contributed by atoms with Crippen LogP contribution in [0, 0.1) is 50.2 Å². The lowest BCUT2D eigenvalue weighted by Gasteiger charge is -2.74. The first-order chi connectivity index (χ1) is 15.3. The van der Waals surface area contributed by atoms with Crippen LogP contribution in [0.25, 0.3) is 0 Å². The predicted molar refractivity (Wildman–Crippen MR) is 133 cm³/mol. The molecule has 3 nitrogen and oxygen atoms in total. The molecule has 1 heterocycles. The number of aliphatic hydroxyl groups excluding tert-OH is 1. The van der Waals surface area contributed by atoms with E-state index in [0.717, 1.165) is 6.42 Å². The van der Waals surface area contributed by atoms with Gasteiger partial charge in [-0.2, -0.15) is 0 Å². The zero-order valence-electron chi connectivity index (χ0n) is 22.6. The van der Waals surface area contributed by atoms with E-state index < -0.39 is 0 Å². The molecule has 0 bridgehead atoms. The molecule has 1 saturated heterocycles. The predicted octanol–water partition coefficient (Wildman–Crippen LogP) is 7.16. The van der Waals surface area contributed by atoms with E-state index in [0.29, 0.717) is 41.6 Å². The Labute approximate surface area is 202 Å². The molecule has 5 aliphatic rings. The second kappa shape index (κ2) is 7.23. The Morgan fingerprint density at radius 3 is 2.12 bits per heavy atom. The summed E-state index contributed by atoms with van der Waals surface area (Å²) in [5.41, 5.74) is 1.47. The summed E-state index contributed by atoms with van der Waals surface area (Å²) in [7, 11) is 0. The topological polar surface area (TPSA) is 46.5 Å². The SMILES string of the molecule is C[C@H]1OC(=O)CC[C@@H]2[C@]1(C)CC[C@H]1[C@@]2(C)CC[C@@]2(C)[C@@H]3CC(C)(C)CC[C@]3(CO)CC[C@]12C. The van der Waals surface area contributed by atoms with Gasteiger partial charge in [0, 0.05) is 18.4 Å². The van der Waals surface area contributed by atoms with Gasteiger partial charge in [-0.05, 0) is 116 Å². The first-order valence-electron chi connectivity index (χ1n) is 14.1. The third kappa shape index (κ3) is 3.05. The number of esters is 1. The molecule has 4 aliphatic carbocycles. The summed E-state index contributed by atoms with van der Waals surface area (Å²) < 4.78 is 5.91. The zero-order valence-corrected chi connectivity index (χ0v) is 22.6. The standard InChI is InChI=1S/C30H50O3/c1-20-26(4)11-10-22-27(5,21(26)8-9-24(32)33-20)13-14-29(7)23-18-25(2,3)12-16-30(23,19-31)17-15-28(22,29)6/h20-23,31H,8-19H2,1-7H3/t20-,21-,22+,23+,26-,27+,28-,29+,30-/m1/s1. The minimum Gasteiger partial charge on any atom is -0.462 e. The molecule has 0 amide bonds. The van der Waals surface area contributed by atoms with Crippen LogP contribution < -0.4 is 0 Å². The third-order valence-electron chi connectivity index (χ3n) is 13.5. The number of cyclic esters (lactones) is 1. The smallest absolute Gasteiger partial charge is 0.306 e. The van der Waals surface area contributed by atoms with E-state index in [4.69, 9.17) is 4.74 Å². The minimum absolute atomic E-state index is 0.0139. The number of fused-ring (bicyclic) bond motifs is 7. The highest BCUT2D eigenvalue weighted by molar-refractivity contribution is 5.70. The van der Waals surface area contributed by atoms with Crippen molar-refractivity contribution >= 4 is 5.97 Å². The van der Waals surface area contributed by atoms with E-state index in [1.54, 1.807) is 0 Å². The maximum absolute atomic E-state index is 12.4. The Hall–Kier alpha value is -0.570. The molecule has 188 valence electrons. The molecule has 4 saturated carbocycles. The van der Waals surface area contributed by atoms with Crippen molar-refractivity contribution in [1.82, 2.24) is 0 Å². The third-order valence-corrected chi connectivity index (χ3v) is 13.5. The Morgan fingerprint density at radius 1 is 0.788 bits per heavy atom. The molecule has 0 spiro atoms. The number of hydrogen-bond acceptors (Lipinski definition) is 3. The lowest BCUT2D eigenvalue weighted by Crippen LogP contribution is -2.68. The second-order valence-electron chi connectivity index (χ2n) is 15.1. The van der Waals surface area contributed by atoms with Crippen molar-refractivity contribution in [3.8, 4) is 0 Å². The van der Waals surface area contributed by atoms with E-state index in [1.165, 1.54) is 57.8 Å². The number of aliphatic hydroxyl groups is 1. The van der Waals surface area contributed by atoms with E-state index in [9.17, 15) is 9.90 Å². The van der Waals surface area contributed by atoms with Gasteiger partial charge in [0.15, 0.2) is 0 Å². The lowest BCUT2D eigenvalue weighted by atomic mass is 9.30. The van der Waals surface area contributed by atoms with Crippen molar-refractivity contribution in [1.29, 1.82) is 0 Å².